The maximum atomic E-state index is 12.7. The van der Waals surface area contributed by atoms with Gasteiger partial charge in [0, 0.05) is 0 Å². The fourth-order valence-electron chi connectivity index (χ4n) is 3.38. The Hall–Kier alpha value is -4.91. The molecule has 0 aliphatic heterocycles. The summed E-state index contributed by atoms with van der Waals surface area (Å²) in [5.41, 5.74) is 5.05. The lowest BCUT2D eigenvalue weighted by molar-refractivity contribution is 0.0734. The summed E-state index contributed by atoms with van der Waals surface area (Å²) in [6, 6.07) is 30.2. The first-order valence-electron chi connectivity index (χ1n) is 11.8. The first-order chi connectivity index (χ1) is 18.1. The van der Waals surface area contributed by atoms with Crippen molar-refractivity contribution in [2.24, 2.45) is 5.10 Å². The van der Waals surface area contributed by atoms with E-state index in [-0.39, 0.29) is 5.91 Å². The molecule has 0 unspecified atom stereocenters. The van der Waals surface area contributed by atoms with Gasteiger partial charge in [-0.3, -0.25) is 4.79 Å². The average molecular weight is 495 g/mol. The van der Waals surface area contributed by atoms with Crippen molar-refractivity contribution in [3.05, 3.63) is 125 Å². The topological polar surface area (TPSA) is 86.2 Å². The number of amides is 1. The number of hydrazone groups is 1. The molecular weight excluding hydrogens is 468 g/mol. The fraction of sp³-hybridized carbons (Fsp3) is 0.100. The highest BCUT2D eigenvalue weighted by atomic mass is 16.5. The summed E-state index contributed by atoms with van der Waals surface area (Å²) in [4.78, 5) is 25.0. The van der Waals surface area contributed by atoms with E-state index < -0.39 is 5.97 Å². The molecule has 0 aromatic heterocycles. The molecule has 0 aliphatic carbocycles. The number of esters is 1. The molecule has 37 heavy (non-hydrogen) atoms. The summed E-state index contributed by atoms with van der Waals surface area (Å²) in [5.74, 6) is 0.700. The van der Waals surface area contributed by atoms with Crippen LogP contribution in [0.5, 0.6) is 17.2 Å². The molecule has 186 valence electrons. The largest absolute Gasteiger partial charge is 0.494 e. The third-order valence-electron chi connectivity index (χ3n) is 5.24. The normalized spacial score (nSPS) is 10.6. The molecule has 4 aromatic rings. The molecule has 0 saturated carbocycles. The van der Waals surface area contributed by atoms with Crippen LogP contribution in [0.15, 0.2) is 108 Å². The number of nitrogens with one attached hydrogen (secondary N) is 1. The van der Waals surface area contributed by atoms with E-state index in [0.717, 1.165) is 11.1 Å². The quantitative estimate of drug-likeness (QED) is 0.133. The van der Waals surface area contributed by atoms with Gasteiger partial charge in [-0.15, -0.1) is 0 Å². The summed E-state index contributed by atoms with van der Waals surface area (Å²) >= 11 is 0. The number of hydrogen-bond acceptors (Lipinski definition) is 6. The van der Waals surface area contributed by atoms with E-state index in [1.165, 1.54) is 6.21 Å². The number of rotatable bonds is 10. The van der Waals surface area contributed by atoms with E-state index in [2.05, 4.69) is 10.5 Å². The fourth-order valence-corrected chi connectivity index (χ4v) is 3.38. The number of ether oxygens (including phenoxy) is 3. The van der Waals surface area contributed by atoms with Gasteiger partial charge in [0.1, 0.15) is 23.9 Å². The summed E-state index contributed by atoms with van der Waals surface area (Å²) in [5, 5.41) is 4.04. The van der Waals surface area contributed by atoms with E-state index in [1.807, 2.05) is 43.3 Å². The molecule has 0 radical (unpaired) electrons. The van der Waals surface area contributed by atoms with Gasteiger partial charge in [0.15, 0.2) is 0 Å². The van der Waals surface area contributed by atoms with Crippen LogP contribution in [0.4, 0.5) is 0 Å². The second kappa shape index (κ2) is 12.7. The van der Waals surface area contributed by atoms with Crippen LogP contribution in [0.1, 0.15) is 38.8 Å². The summed E-state index contributed by atoms with van der Waals surface area (Å²) in [6.07, 6.45) is 1.50. The van der Waals surface area contributed by atoms with Crippen molar-refractivity contribution >= 4 is 18.1 Å². The Morgan fingerprint density at radius 3 is 2.19 bits per heavy atom. The number of para-hydroxylation sites is 1. The minimum absolute atomic E-state index is 0.351. The number of carbonyl (C=O) groups excluding carboxylic acids is 2. The lowest BCUT2D eigenvalue weighted by Crippen LogP contribution is -2.18. The van der Waals surface area contributed by atoms with Gasteiger partial charge in [0.2, 0.25) is 0 Å². The van der Waals surface area contributed by atoms with Gasteiger partial charge in [-0.05, 0) is 78.7 Å². The van der Waals surface area contributed by atoms with Gasteiger partial charge in [-0.2, -0.15) is 5.10 Å². The summed E-state index contributed by atoms with van der Waals surface area (Å²) < 4.78 is 16.6. The summed E-state index contributed by atoms with van der Waals surface area (Å²) in [7, 11) is 0. The molecule has 4 aromatic carbocycles. The molecule has 0 saturated heterocycles. The highest BCUT2D eigenvalue weighted by Crippen LogP contribution is 2.20. The monoisotopic (exact) mass is 494 g/mol. The highest BCUT2D eigenvalue weighted by molar-refractivity contribution is 5.97. The van der Waals surface area contributed by atoms with Crippen LogP contribution in [-0.4, -0.2) is 24.7 Å². The number of carbonyl (C=O) groups is 2. The molecule has 0 bridgehead atoms. The zero-order chi connectivity index (χ0) is 25.9. The van der Waals surface area contributed by atoms with Crippen LogP contribution in [0.3, 0.4) is 0 Å². The standard InChI is InChI=1S/C30H26N2O5/c1-2-35-25-18-14-24(15-19-25)30(34)37-26-16-12-22(13-17-26)20-31-32-29(33)27-10-6-7-11-28(27)36-21-23-8-4-3-5-9-23/h3-20H,2,21H2,1H3,(H,32,33)/b31-20+. The molecular formula is C30H26N2O5. The Morgan fingerprint density at radius 1 is 0.784 bits per heavy atom. The molecule has 0 spiro atoms. The molecule has 7 nitrogen and oxygen atoms in total. The molecule has 0 fully saturated rings. The number of benzene rings is 4. The lowest BCUT2D eigenvalue weighted by atomic mass is 10.2. The van der Waals surface area contributed by atoms with Gasteiger partial charge in [-0.25, -0.2) is 10.2 Å². The van der Waals surface area contributed by atoms with Crippen LogP contribution < -0.4 is 19.6 Å². The maximum Gasteiger partial charge on any atom is 0.343 e. The SMILES string of the molecule is CCOc1ccc(C(=O)Oc2ccc(/C=N/NC(=O)c3ccccc3OCc3ccccc3)cc2)cc1. The Kier molecular flexibility index (Phi) is 8.64. The molecule has 7 heteroatoms. The van der Waals surface area contributed by atoms with Gasteiger partial charge in [-0.1, -0.05) is 42.5 Å². The number of hydrogen-bond donors (Lipinski definition) is 1. The minimum Gasteiger partial charge on any atom is -0.494 e. The van der Waals surface area contributed by atoms with Gasteiger partial charge >= 0.3 is 5.97 Å². The highest BCUT2D eigenvalue weighted by Gasteiger charge is 2.12. The van der Waals surface area contributed by atoms with Crippen LogP contribution >= 0.6 is 0 Å². The third kappa shape index (κ3) is 7.29. The zero-order valence-corrected chi connectivity index (χ0v) is 20.3. The Bertz CT molecular complexity index is 1350. The van der Waals surface area contributed by atoms with Crippen molar-refractivity contribution in [2.75, 3.05) is 6.61 Å². The molecule has 0 aliphatic rings. The van der Waals surface area contributed by atoms with Gasteiger partial charge in [0.25, 0.3) is 5.91 Å². The maximum absolute atomic E-state index is 12.7. The van der Waals surface area contributed by atoms with Crippen molar-refractivity contribution in [3.8, 4) is 17.2 Å². The molecule has 0 atom stereocenters. The van der Waals surface area contributed by atoms with Gasteiger partial charge < -0.3 is 14.2 Å². The van der Waals surface area contributed by atoms with Crippen LogP contribution in [0, 0.1) is 0 Å². The van der Waals surface area contributed by atoms with E-state index in [9.17, 15) is 9.59 Å². The smallest absolute Gasteiger partial charge is 0.343 e. The first kappa shape index (κ1) is 25.2. The predicted octanol–water partition coefficient (Wildman–Crippen LogP) is 5.65. The minimum atomic E-state index is -0.468. The van der Waals surface area contributed by atoms with Crippen molar-refractivity contribution in [3.63, 3.8) is 0 Å². The van der Waals surface area contributed by atoms with E-state index >= 15 is 0 Å². The van der Waals surface area contributed by atoms with Crippen molar-refractivity contribution in [1.29, 1.82) is 0 Å². The predicted molar refractivity (Wildman–Crippen MR) is 141 cm³/mol. The lowest BCUT2D eigenvalue weighted by Gasteiger charge is -2.10. The van der Waals surface area contributed by atoms with Crippen LogP contribution in [-0.2, 0) is 6.61 Å². The summed E-state index contributed by atoms with van der Waals surface area (Å²) in [6.45, 7) is 2.80. The Labute approximate surface area is 215 Å². The first-order valence-corrected chi connectivity index (χ1v) is 11.8. The molecule has 1 N–H and O–H groups in total. The molecule has 4 rings (SSSR count). The Balaban J connectivity index is 1.31. The van der Waals surface area contributed by atoms with E-state index in [1.54, 1.807) is 66.7 Å². The Morgan fingerprint density at radius 2 is 1.46 bits per heavy atom. The molecule has 1 amide bonds. The van der Waals surface area contributed by atoms with E-state index in [0.29, 0.717) is 41.6 Å². The van der Waals surface area contributed by atoms with Crippen LogP contribution in [0.2, 0.25) is 0 Å². The van der Waals surface area contributed by atoms with Crippen molar-refractivity contribution in [1.82, 2.24) is 5.43 Å². The second-order valence-electron chi connectivity index (χ2n) is 7.89. The van der Waals surface area contributed by atoms with Crippen molar-refractivity contribution < 1.29 is 23.8 Å². The third-order valence-corrected chi connectivity index (χ3v) is 5.24. The average Bonchev–Trinajstić information content (AvgIpc) is 2.94. The number of nitrogens with zero attached hydrogens (tertiary/aromatic N) is 1. The van der Waals surface area contributed by atoms with Crippen LogP contribution in [0.25, 0.3) is 0 Å². The van der Waals surface area contributed by atoms with Gasteiger partial charge in [0.05, 0.1) is 23.9 Å². The van der Waals surface area contributed by atoms with E-state index in [4.69, 9.17) is 14.2 Å². The molecule has 0 heterocycles. The second-order valence-corrected chi connectivity index (χ2v) is 7.89. The van der Waals surface area contributed by atoms with Crippen molar-refractivity contribution in [2.45, 2.75) is 13.5 Å². The zero-order valence-electron chi connectivity index (χ0n) is 20.3.